The number of carboxylic acid groups (broad SMARTS) is 1. The van der Waals surface area contributed by atoms with Crippen LogP contribution >= 0.6 is 15.9 Å². The normalized spacial score (nSPS) is 11.9. The fraction of sp³-hybridized carbons (Fsp3) is 0.200. The summed E-state index contributed by atoms with van der Waals surface area (Å²) in [5.41, 5.74) is 1.36. The number of unbranched alkanes of at least 4 members (excludes halogenated alkanes) is 1. The summed E-state index contributed by atoms with van der Waals surface area (Å²) >= 11 is 3.33. The maximum absolute atomic E-state index is 12.2. The largest absolute Gasteiger partial charge is 0.508 e. The molecule has 0 spiro atoms. The number of ether oxygens (including phenoxy) is 1. The Bertz CT molecular complexity index is 787. The molecule has 0 heterocycles. The molecule has 1 amide bonds. The van der Waals surface area contributed by atoms with Crippen LogP contribution in [0, 0.1) is 0 Å². The fourth-order valence-corrected chi connectivity index (χ4v) is 2.66. The van der Waals surface area contributed by atoms with Crippen LogP contribution in [0.5, 0.6) is 5.75 Å². The molecule has 0 radical (unpaired) electrons. The lowest BCUT2D eigenvalue weighted by Crippen LogP contribution is -2.17. The minimum Gasteiger partial charge on any atom is -0.508 e. The number of aliphatic carboxylic acids is 1. The molecular formula is C20H20BrNO5. The first kappa shape index (κ1) is 20.5. The van der Waals surface area contributed by atoms with Gasteiger partial charge in [0.05, 0.1) is 0 Å². The number of benzene rings is 2. The van der Waals surface area contributed by atoms with E-state index in [0.29, 0.717) is 24.9 Å². The standard InChI is InChI=1S/C20H20BrNO5/c21-15-8-10-16(11-9-15)22-20(26)27-18(4-2-1-3-5-19(24)25)14-6-12-17(23)13-7-14/h3,5-13,18,23H,1-2,4H2,(H,22,26)(H,24,25)/b5-3+/t18-/m1/s1. The molecule has 7 heteroatoms. The van der Waals surface area contributed by atoms with Crippen LogP contribution in [0.2, 0.25) is 0 Å². The molecule has 2 rings (SSSR count). The first-order valence-electron chi connectivity index (χ1n) is 8.35. The molecule has 2 aromatic carbocycles. The molecule has 0 unspecified atom stereocenters. The second kappa shape index (κ2) is 10.4. The number of aromatic hydroxyl groups is 1. The van der Waals surface area contributed by atoms with Crippen molar-refractivity contribution in [3.8, 4) is 5.75 Å². The summed E-state index contributed by atoms with van der Waals surface area (Å²) in [4.78, 5) is 22.7. The third-order valence-corrected chi connectivity index (χ3v) is 4.23. The van der Waals surface area contributed by atoms with Crippen LogP contribution in [0.4, 0.5) is 10.5 Å². The summed E-state index contributed by atoms with van der Waals surface area (Å²) in [5, 5.41) is 20.7. The quantitative estimate of drug-likeness (QED) is 0.389. The van der Waals surface area contributed by atoms with E-state index in [2.05, 4.69) is 21.2 Å². The van der Waals surface area contributed by atoms with Gasteiger partial charge in [-0.3, -0.25) is 5.32 Å². The molecule has 0 aliphatic carbocycles. The number of allylic oxidation sites excluding steroid dienone is 1. The van der Waals surface area contributed by atoms with Gasteiger partial charge in [0.1, 0.15) is 11.9 Å². The van der Waals surface area contributed by atoms with E-state index in [4.69, 9.17) is 9.84 Å². The number of hydrogen-bond acceptors (Lipinski definition) is 4. The van der Waals surface area contributed by atoms with E-state index < -0.39 is 18.2 Å². The van der Waals surface area contributed by atoms with Gasteiger partial charge in [0.25, 0.3) is 0 Å². The highest BCUT2D eigenvalue weighted by Gasteiger charge is 2.17. The Labute approximate surface area is 165 Å². The number of halogens is 1. The fourth-order valence-electron chi connectivity index (χ4n) is 2.40. The van der Waals surface area contributed by atoms with E-state index in [0.717, 1.165) is 16.1 Å². The Morgan fingerprint density at radius 2 is 1.78 bits per heavy atom. The van der Waals surface area contributed by atoms with Crippen LogP contribution in [0.15, 0.2) is 65.2 Å². The van der Waals surface area contributed by atoms with Crippen LogP contribution < -0.4 is 5.32 Å². The molecule has 0 aliphatic heterocycles. The van der Waals surface area contributed by atoms with Crippen molar-refractivity contribution in [3.63, 3.8) is 0 Å². The van der Waals surface area contributed by atoms with Crippen molar-refractivity contribution in [1.82, 2.24) is 0 Å². The number of carbonyl (C=O) groups excluding carboxylic acids is 1. The minimum atomic E-state index is -0.991. The molecule has 0 aromatic heterocycles. The van der Waals surface area contributed by atoms with E-state index in [9.17, 15) is 14.7 Å². The molecule has 0 aliphatic rings. The van der Waals surface area contributed by atoms with Crippen molar-refractivity contribution in [3.05, 3.63) is 70.7 Å². The number of hydrogen-bond donors (Lipinski definition) is 3. The maximum atomic E-state index is 12.2. The molecule has 142 valence electrons. The Morgan fingerprint density at radius 3 is 2.41 bits per heavy atom. The zero-order valence-corrected chi connectivity index (χ0v) is 16.1. The average Bonchev–Trinajstić information content (AvgIpc) is 2.63. The monoisotopic (exact) mass is 433 g/mol. The third kappa shape index (κ3) is 7.53. The molecule has 1 atom stereocenters. The van der Waals surface area contributed by atoms with Gasteiger partial charge in [0, 0.05) is 16.2 Å². The third-order valence-electron chi connectivity index (χ3n) is 3.70. The second-order valence-corrected chi connectivity index (χ2v) is 6.70. The lowest BCUT2D eigenvalue weighted by molar-refractivity contribution is -0.131. The van der Waals surface area contributed by atoms with Gasteiger partial charge in [-0.25, -0.2) is 9.59 Å². The number of phenols is 1. The van der Waals surface area contributed by atoms with Crippen LogP contribution in [0.1, 0.15) is 30.9 Å². The second-order valence-electron chi connectivity index (χ2n) is 5.79. The van der Waals surface area contributed by atoms with Crippen LogP contribution in [0.3, 0.4) is 0 Å². The Kier molecular flexibility index (Phi) is 7.88. The van der Waals surface area contributed by atoms with E-state index >= 15 is 0 Å². The molecule has 0 bridgehead atoms. The highest BCUT2D eigenvalue weighted by molar-refractivity contribution is 9.10. The number of amides is 1. The van der Waals surface area contributed by atoms with Crippen LogP contribution in [0.25, 0.3) is 0 Å². The van der Waals surface area contributed by atoms with E-state index in [1.165, 1.54) is 12.1 Å². The SMILES string of the molecule is O=C(O)/C=C/CCC[C@@H](OC(=O)Nc1ccc(Br)cc1)c1ccc(O)cc1. The number of carbonyl (C=O) groups is 2. The predicted octanol–water partition coefficient (Wildman–Crippen LogP) is 5.26. The van der Waals surface area contributed by atoms with Crippen molar-refractivity contribution in [2.24, 2.45) is 0 Å². The van der Waals surface area contributed by atoms with Crippen LogP contribution in [-0.2, 0) is 9.53 Å². The van der Waals surface area contributed by atoms with Gasteiger partial charge in [0.2, 0.25) is 0 Å². The van der Waals surface area contributed by atoms with Gasteiger partial charge < -0.3 is 14.9 Å². The van der Waals surface area contributed by atoms with E-state index in [1.54, 1.807) is 30.3 Å². The highest BCUT2D eigenvalue weighted by atomic mass is 79.9. The lowest BCUT2D eigenvalue weighted by atomic mass is 10.0. The van der Waals surface area contributed by atoms with Gasteiger partial charge in [-0.2, -0.15) is 0 Å². The van der Waals surface area contributed by atoms with Gasteiger partial charge in [-0.15, -0.1) is 0 Å². The minimum absolute atomic E-state index is 0.126. The Hall–Kier alpha value is -2.80. The first-order valence-corrected chi connectivity index (χ1v) is 9.15. The zero-order chi connectivity index (χ0) is 19.6. The van der Waals surface area contributed by atoms with Crippen molar-refractivity contribution >= 4 is 33.7 Å². The number of anilines is 1. The van der Waals surface area contributed by atoms with Gasteiger partial charge in [0.15, 0.2) is 0 Å². The molecule has 0 saturated carbocycles. The van der Waals surface area contributed by atoms with Crippen molar-refractivity contribution in [2.75, 3.05) is 5.32 Å². The molecule has 27 heavy (non-hydrogen) atoms. The summed E-state index contributed by atoms with van der Waals surface area (Å²) < 4.78 is 6.46. The molecule has 3 N–H and O–H groups in total. The zero-order valence-electron chi connectivity index (χ0n) is 14.5. The number of rotatable bonds is 8. The first-order chi connectivity index (χ1) is 12.9. The maximum Gasteiger partial charge on any atom is 0.412 e. The van der Waals surface area contributed by atoms with Gasteiger partial charge in [-0.1, -0.05) is 34.1 Å². The summed E-state index contributed by atoms with van der Waals surface area (Å²) in [6.45, 7) is 0. The summed E-state index contributed by atoms with van der Waals surface area (Å²) in [6.07, 6.45) is 3.27. The van der Waals surface area contributed by atoms with Crippen molar-refractivity contribution in [1.29, 1.82) is 0 Å². The molecular weight excluding hydrogens is 414 g/mol. The van der Waals surface area contributed by atoms with Crippen molar-refractivity contribution in [2.45, 2.75) is 25.4 Å². The molecule has 6 nitrogen and oxygen atoms in total. The van der Waals surface area contributed by atoms with Crippen molar-refractivity contribution < 1.29 is 24.5 Å². The predicted molar refractivity (Wildman–Crippen MR) is 106 cm³/mol. The highest BCUT2D eigenvalue weighted by Crippen LogP contribution is 2.26. The number of carboxylic acids is 1. The Balaban J connectivity index is 1.99. The van der Waals surface area contributed by atoms with E-state index in [-0.39, 0.29) is 5.75 Å². The smallest absolute Gasteiger partial charge is 0.412 e. The van der Waals surface area contributed by atoms with E-state index in [1.807, 2.05) is 12.1 Å². The summed E-state index contributed by atoms with van der Waals surface area (Å²) in [5.74, 6) is -0.864. The number of phenolic OH excluding ortho intramolecular Hbond substituents is 1. The summed E-state index contributed by atoms with van der Waals surface area (Å²) in [6, 6.07) is 13.6. The molecule has 0 saturated heterocycles. The average molecular weight is 434 g/mol. The van der Waals surface area contributed by atoms with Gasteiger partial charge in [-0.05, 0) is 61.2 Å². The molecule has 0 fully saturated rings. The topological polar surface area (TPSA) is 95.9 Å². The van der Waals surface area contributed by atoms with Gasteiger partial charge >= 0.3 is 12.1 Å². The Morgan fingerprint density at radius 1 is 1.11 bits per heavy atom. The van der Waals surface area contributed by atoms with Crippen LogP contribution in [-0.4, -0.2) is 22.3 Å². The summed E-state index contributed by atoms with van der Waals surface area (Å²) in [7, 11) is 0. The number of nitrogens with one attached hydrogen (secondary N) is 1. The molecule has 2 aromatic rings. The lowest BCUT2D eigenvalue weighted by Gasteiger charge is -2.18.